The van der Waals surface area contributed by atoms with E-state index in [-0.39, 0.29) is 11.3 Å². The van der Waals surface area contributed by atoms with Crippen molar-refractivity contribution >= 4 is 22.7 Å². The Hall–Kier alpha value is -2.15. The van der Waals surface area contributed by atoms with Crippen molar-refractivity contribution in [2.24, 2.45) is 0 Å². The lowest BCUT2D eigenvalue weighted by Crippen LogP contribution is -2.33. The number of fused-ring (bicyclic) bond motifs is 1. The maximum absolute atomic E-state index is 10.7. The van der Waals surface area contributed by atoms with E-state index < -0.39 is 4.92 Å². The van der Waals surface area contributed by atoms with Gasteiger partial charge in [-0.15, -0.1) is 0 Å². The minimum Gasteiger partial charge on any atom is -0.374 e. The third-order valence-electron chi connectivity index (χ3n) is 2.89. The molecule has 108 valence electrons. The number of imidazole rings is 1. The number of H-pyrrole nitrogens is 1. The molecule has 0 aliphatic carbocycles. The molecule has 0 saturated heterocycles. The first-order chi connectivity index (χ1) is 9.41. The van der Waals surface area contributed by atoms with Gasteiger partial charge >= 0.3 is 0 Å². The van der Waals surface area contributed by atoms with Crippen molar-refractivity contribution in [3.8, 4) is 0 Å². The predicted molar refractivity (Wildman–Crippen MR) is 76.9 cm³/mol. The summed E-state index contributed by atoms with van der Waals surface area (Å²) >= 11 is 0. The van der Waals surface area contributed by atoms with Crippen LogP contribution in [0, 0.1) is 10.1 Å². The number of non-ortho nitro benzene ring substituents is 1. The average molecular weight is 278 g/mol. The van der Waals surface area contributed by atoms with E-state index in [1.807, 2.05) is 20.8 Å². The third-order valence-corrected chi connectivity index (χ3v) is 2.89. The first kappa shape index (κ1) is 14.3. The van der Waals surface area contributed by atoms with Crippen molar-refractivity contribution < 1.29 is 9.66 Å². The Morgan fingerprint density at radius 2 is 2.25 bits per heavy atom. The SMILES string of the molecule is CCOC(C)(C)CNc1nc2ccc([N+](=O)[O-])cc2[nH]1. The normalized spacial score (nSPS) is 11.8. The molecule has 1 aromatic carbocycles. The Bertz CT molecular complexity index is 621. The highest BCUT2D eigenvalue weighted by molar-refractivity contribution is 5.79. The van der Waals surface area contributed by atoms with Crippen LogP contribution in [0.2, 0.25) is 0 Å². The molecule has 0 atom stereocenters. The van der Waals surface area contributed by atoms with Gasteiger partial charge in [-0.05, 0) is 26.8 Å². The molecule has 0 amide bonds. The fraction of sp³-hybridized carbons (Fsp3) is 0.462. The topological polar surface area (TPSA) is 93.1 Å². The number of ether oxygens (including phenoxy) is 1. The number of hydrogen-bond acceptors (Lipinski definition) is 5. The van der Waals surface area contributed by atoms with Crippen LogP contribution in [-0.2, 0) is 4.74 Å². The van der Waals surface area contributed by atoms with Gasteiger partial charge < -0.3 is 15.0 Å². The zero-order valence-corrected chi connectivity index (χ0v) is 11.8. The number of nitrogens with one attached hydrogen (secondary N) is 2. The summed E-state index contributed by atoms with van der Waals surface area (Å²) in [6, 6.07) is 4.54. The van der Waals surface area contributed by atoms with Gasteiger partial charge in [0.05, 0.1) is 21.6 Å². The molecular weight excluding hydrogens is 260 g/mol. The number of aromatic amines is 1. The largest absolute Gasteiger partial charge is 0.374 e. The zero-order valence-electron chi connectivity index (χ0n) is 11.8. The molecule has 0 radical (unpaired) electrons. The molecule has 0 saturated carbocycles. The van der Waals surface area contributed by atoms with Crippen LogP contribution in [-0.4, -0.2) is 33.6 Å². The van der Waals surface area contributed by atoms with Crippen molar-refractivity contribution in [1.29, 1.82) is 0 Å². The van der Waals surface area contributed by atoms with Crippen LogP contribution in [0.25, 0.3) is 11.0 Å². The van der Waals surface area contributed by atoms with Crippen LogP contribution in [0.5, 0.6) is 0 Å². The highest BCUT2D eigenvalue weighted by Gasteiger charge is 2.18. The molecule has 2 N–H and O–H groups in total. The molecule has 0 bridgehead atoms. The maximum Gasteiger partial charge on any atom is 0.271 e. The van der Waals surface area contributed by atoms with Gasteiger partial charge in [0.2, 0.25) is 5.95 Å². The summed E-state index contributed by atoms with van der Waals surface area (Å²) in [5, 5.41) is 13.9. The lowest BCUT2D eigenvalue weighted by molar-refractivity contribution is -0.384. The van der Waals surface area contributed by atoms with Gasteiger partial charge in [-0.3, -0.25) is 10.1 Å². The zero-order chi connectivity index (χ0) is 14.8. The van der Waals surface area contributed by atoms with E-state index in [9.17, 15) is 10.1 Å². The van der Waals surface area contributed by atoms with E-state index in [1.165, 1.54) is 12.1 Å². The molecule has 1 aromatic heterocycles. The first-order valence-electron chi connectivity index (χ1n) is 6.43. The number of benzene rings is 1. The number of anilines is 1. The van der Waals surface area contributed by atoms with E-state index in [2.05, 4.69) is 15.3 Å². The fourth-order valence-corrected chi connectivity index (χ4v) is 1.93. The summed E-state index contributed by atoms with van der Waals surface area (Å²) in [7, 11) is 0. The first-order valence-corrected chi connectivity index (χ1v) is 6.43. The second kappa shape index (κ2) is 5.46. The average Bonchev–Trinajstić information content (AvgIpc) is 2.78. The Labute approximate surface area is 116 Å². The van der Waals surface area contributed by atoms with Gasteiger partial charge in [0.15, 0.2) is 0 Å². The standard InChI is InChI=1S/C13H18N4O3/c1-4-20-13(2,3)8-14-12-15-10-6-5-9(17(18)19)7-11(10)16-12/h5-7H,4,8H2,1-3H3,(H2,14,15,16). The molecule has 7 nitrogen and oxygen atoms in total. The second-order valence-electron chi connectivity index (χ2n) is 5.09. The number of hydrogen-bond donors (Lipinski definition) is 2. The van der Waals surface area contributed by atoms with Crippen LogP contribution >= 0.6 is 0 Å². The molecule has 0 spiro atoms. The molecule has 20 heavy (non-hydrogen) atoms. The number of aromatic nitrogens is 2. The molecular formula is C13H18N4O3. The summed E-state index contributed by atoms with van der Waals surface area (Å²) in [5.74, 6) is 0.577. The van der Waals surface area contributed by atoms with E-state index in [1.54, 1.807) is 6.07 Å². The number of nitrogens with zero attached hydrogens (tertiary/aromatic N) is 2. The van der Waals surface area contributed by atoms with E-state index in [0.29, 0.717) is 30.1 Å². The summed E-state index contributed by atoms with van der Waals surface area (Å²) in [4.78, 5) is 17.6. The van der Waals surface area contributed by atoms with Crippen LogP contribution in [0.15, 0.2) is 18.2 Å². The van der Waals surface area contributed by atoms with E-state index >= 15 is 0 Å². The number of nitro groups is 1. The van der Waals surface area contributed by atoms with Crippen LogP contribution in [0.1, 0.15) is 20.8 Å². The van der Waals surface area contributed by atoms with Gasteiger partial charge in [-0.1, -0.05) is 0 Å². The van der Waals surface area contributed by atoms with Crippen LogP contribution in [0.4, 0.5) is 11.6 Å². The minimum absolute atomic E-state index is 0.0438. The Morgan fingerprint density at radius 1 is 1.50 bits per heavy atom. The molecule has 2 aromatic rings. The summed E-state index contributed by atoms with van der Waals surface area (Å²) in [6.07, 6.45) is 0. The minimum atomic E-state index is -0.425. The predicted octanol–water partition coefficient (Wildman–Crippen LogP) is 2.70. The van der Waals surface area contributed by atoms with Gasteiger partial charge in [0.1, 0.15) is 0 Å². The van der Waals surface area contributed by atoms with Crippen molar-refractivity contribution in [3.63, 3.8) is 0 Å². The van der Waals surface area contributed by atoms with Crippen molar-refractivity contribution in [3.05, 3.63) is 28.3 Å². The van der Waals surface area contributed by atoms with Gasteiger partial charge in [0, 0.05) is 25.3 Å². The Balaban J connectivity index is 2.14. The van der Waals surface area contributed by atoms with Crippen molar-refractivity contribution in [2.75, 3.05) is 18.5 Å². The molecule has 0 fully saturated rings. The van der Waals surface area contributed by atoms with E-state index in [0.717, 1.165) is 0 Å². The van der Waals surface area contributed by atoms with Crippen LogP contribution < -0.4 is 5.32 Å². The van der Waals surface area contributed by atoms with Crippen LogP contribution in [0.3, 0.4) is 0 Å². The van der Waals surface area contributed by atoms with E-state index in [4.69, 9.17) is 4.74 Å². The molecule has 1 heterocycles. The van der Waals surface area contributed by atoms with Crippen molar-refractivity contribution in [2.45, 2.75) is 26.4 Å². The van der Waals surface area contributed by atoms with Gasteiger partial charge in [0.25, 0.3) is 5.69 Å². The summed E-state index contributed by atoms with van der Waals surface area (Å²) in [6.45, 7) is 7.14. The van der Waals surface area contributed by atoms with Crippen molar-refractivity contribution in [1.82, 2.24) is 9.97 Å². The molecule has 0 unspecified atom stereocenters. The van der Waals surface area contributed by atoms with Gasteiger partial charge in [-0.2, -0.15) is 0 Å². The fourth-order valence-electron chi connectivity index (χ4n) is 1.93. The Morgan fingerprint density at radius 3 is 2.90 bits per heavy atom. The molecule has 0 aliphatic rings. The quantitative estimate of drug-likeness (QED) is 0.626. The number of nitro benzene ring substituents is 1. The summed E-state index contributed by atoms with van der Waals surface area (Å²) < 4.78 is 5.58. The molecule has 2 rings (SSSR count). The summed E-state index contributed by atoms with van der Waals surface area (Å²) in [5.41, 5.74) is 1.06. The smallest absolute Gasteiger partial charge is 0.271 e. The Kier molecular flexibility index (Phi) is 3.89. The third kappa shape index (κ3) is 3.24. The maximum atomic E-state index is 10.7. The monoisotopic (exact) mass is 278 g/mol. The highest BCUT2D eigenvalue weighted by Crippen LogP contribution is 2.21. The molecule has 0 aliphatic heterocycles. The molecule has 7 heteroatoms. The highest BCUT2D eigenvalue weighted by atomic mass is 16.6. The lowest BCUT2D eigenvalue weighted by atomic mass is 10.1. The number of rotatable bonds is 6. The van der Waals surface area contributed by atoms with Gasteiger partial charge in [-0.25, -0.2) is 4.98 Å². The lowest BCUT2D eigenvalue weighted by Gasteiger charge is -2.24. The second-order valence-corrected chi connectivity index (χ2v) is 5.09.